The molecular formula is C15H19NO3. The molecule has 0 saturated heterocycles. The summed E-state index contributed by atoms with van der Waals surface area (Å²) in [5.74, 6) is -0.823. The molecule has 102 valence electrons. The average Bonchev–Trinajstić information content (AvgIpc) is 2.60. The van der Waals surface area contributed by atoms with E-state index in [1.807, 2.05) is 19.9 Å². The van der Waals surface area contributed by atoms with Crippen LogP contribution in [0.4, 0.5) is 5.69 Å². The summed E-state index contributed by atoms with van der Waals surface area (Å²) in [4.78, 5) is 25.6. The Labute approximate surface area is 113 Å². The molecule has 0 atom stereocenters. The predicted octanol–water partition coefficient (Wildman–Crippen LogP) is 2.00. The Morgan fingerprint density at radius 1 is 1.11 bits per heavy atom. The van der Waals surface area contributed by atoms with Crippen molar-refractivity contribution in [2.45, 2.75) is 33.1 Å². The third-order valence-electron chi connectivity index (χ3n) is 3.44. The molecule has 1 amide bonds. The molecule has 0 radical (unpaired) electrons. The van der Waals surface area contributed by atoms with Crippen molar-refractivity contribution in [1.29, 1.82) is 0 Å². The van der Waals surface area contributed by atoms with E-state index in [-0.39, 0.29) is 6.61 Å². The van der Waals surface area contributed by atoms with E-state index in [0.717, 1.165) is 36.1 Å². The SMILES string of the molecule is Cc1cc(C)c2c(c1)C(=O)C(=O)N2CCCCCO. The average molecular weight is 261 g/mol. The number of benzene rings is 1. The van der Waals surface area contributed by atoms with Gasteiger partial charge < -0.3 is 10.0 Å². The van der Waals surface area contributed by atoms with E-state index in [0.29, 0.717) is 12.1 Å². The number of anilines is 1. The highest BCUT2D eigenvalue weighted by molar-refractivity contribution is 6.52. The maximum Gasteiger partial charge on any atom is 0.299 e. The van der Waals surface area contributed by atoms with Crippen LogP contribution in [0.15, 0.2) is 12.1 Å². The lowest BCUT2D eigenvalue weighted by atomic mass is 10.0. The van der Waals surface area contributed by atoms with E-state index in [1.165, 1.54) is 0 Å². The molecule has 19 heavy (non-hydrogen) atoms. The van der Waals surface area contributed by atoms with Gasteiger partial charge >= 0.3 is 0 Å². The number of aliphatic hydroxyl groups is 1. The van der Waals surface area contributed by atoms with Gasteiger partial charge in [-0.05, 0) is 50.3 Å². The smallest absolute Gasteiger partial charge is 0.299 e. The maximum absolute atomic E-state index is 12.0. The number of rotatable bonds is 5. The highest BCUT2D eigenvalue weighted by Crippen LogP contribution is 2.33. The van der Waals surface area contributed by atoms with E-state index in [1.54, 1.807) is 11.0 Å². The summed E-state index contributed by atoms with van der Waals surface area (Å²) >= 11 is 0. The summed E-state index contributed by atoms with van der Waals surface area (Å²) in [6, 6.07) is 3.78. The second-order valence-corrected chi connectivity index (χ2v) is 5.05. The lowest BCUT2D eigenvalue weighted by Gasteiger charge is -2.18. The van der Waals surface area contributed by atoms with Gasteiger partial charge in [0.2, 0.25) is 0 Å². The van der Waals surface area contributed by atoms with Crippen molar-refractivity contribution in [1.82, 2.24) is 0 Å². The Kier molecular flexibility index (Phi) is 4.00. The van der Waals surface area contributed by atoms with Crippen molar-refractivity contribution in [3.05, 3.63) is 28.8 Å². The van der Waals surface area contributed by atoms with Gasteiger partial charge in [-0.25, -0.2) is 0 Å². The number of hydrogen-bond acceptors (Lipinski definition) is 3. The van der Waals surface area contributed by atoms with E-state index in [2.05, 4.69) is 0 Å². The van der Waals surface area contributed by atoms with Crippen LogP contribution in [0.5, 0.6) is 0 Å². The van der Waals surface area contributed by atoms with Gasteiger partial charge in [-0.2, -0.15) is 0 Å². The number of fused-ring (bicyclic) bond motifs is 1. The molecular weight excluding hydrogens is 242 g/mol. The van der Waals surface area contributed by atoms with E-state index in [4.69, 9.17) is 5.11 Å². The van der Waals surface area contributed by atoms with Gasteiger partial charge in [-0.15, -0.1) is 0 Å². The van der Waals surface area contributed by atoms with Crippen LogP contribution < -0.4 is 4.90 Å². The van der Waals surface area contributed by atoms with Gasteiger partial charge in [0.05, 0.1) is 11.3 Å². The van der Waals surface area contributed by atoms with Crippen LogP contribution in [0, 0.1) is 13.8 Å². The molecule has 0 bridgehead atoms. The number of nitrogens with zero attached hydrogens (tertiary/aromatic N) is 1. The number of unbranched alkanes of at least 4 members (excludes halogenated alkanes) is 2. The first-order chi connectivity index (χ1) is 9.06. The molecule has 4 nitrogen and oxygen atoms in total. The second kappa shape index (κ2) is 5.53. The molecule has 1 heterocycles. The summed E-state index contributed by atoms with van der Waals surface area (Å²) in [6.07, 6.45) is 2.39. The Morgan fingerprint density at radius 3 is 2.53 bits per heavy atom. The number of hydrogen-bond donors (Lipinski definition) is 1. The van der Waals surface area contributed by atoms with Gasteiger partial charge in [0, 0.05) is 13.2 Å². The van der Waals surface area contributed by atoms with E-state index < -0.39 is 11.7 Å². The molecule has 0 spiro atoms. The summed E-state index contributed by atoms with van der Waals surface area (Å²) in [7, 11) is 0. The molecule has 1 aromatic rings. The lowest BCUT2D eigenvalue weighted by molar-refractivity contribution is -0.114. The van der Waals surface area contributed by atoms with Gasteiger partial charge in [-0.3, -0.25) is 9.59 Å². The molecule has 0 aliphatic carbocycles. The van der Waals surface area contributed by atoms with Crippen molar-refractivity contribution < 1.29 is 14.7 Å². The lowest BCUT2D eigenvalue weighted by Crippen LogP contribution is -2.31. The standard InChI is InChI=1S/C15H19NO3/c1-10-8-11(2)13-12(9-10)14(18)15(19)16(13)6-4-3-5-7-17/h8-9,17H,3-7H2,1-2H3. The first kappa shape index (κ1) is 13.7. The number of aliphatic hydroxyl groups excluding tert-OH is 1. The van der Waals surface area contributed by atoms with Crippen molar-refractivity contribution in [2.24, 2.45) is 0 Å². The highest BCUT2D eigenvalue weighted by Gasteiger charge is 2.36. The fraction of sp³-hybridized carbons (Fsp3) is 0.467. The monoisotopic (exact) mass is 261 g/mol. The number of aryl methyl sites for hydroxylation is 2. The van der Waals surface area contributed by atoms with Crippen molar-refractivity contribution in [2.75, 3.05) is 18.1 Å². The van der Waals surface area contributed by atoms with Crippen LogP contribution in [0.2, 0.25) is 0 Å². The summed E-state index contributed by atoms with van der Waals surface area (Å²) in [6.45, 7) is 4.57. The fourth-order valence-electron chi connectivity index (χ4n) is 2.60. The van der Waals surface area contributed by atoms with Crippen LogP contribution in [0.25, 0.3) is 0 Å². The molecule has 1 N–H and O–H groups in total. The topological polar surface area (TPSA) is 57.6 Å². The van der Waals surface area contributed by atoms with Crippen LogP contribution in [-0.2, 0) is 4.79 Å². The quantitative estimate of drug-likeness (QED) is 0.651. The molecule has 0 saturated carbocycles. The minimum atomic E-state index is -0.423. The highest BCUT2D eigenvalue weighted by atomic mass is 16.3. The van der Waals surface area contributed by atoms with E-state index >= 15 is 0 Å². The number of carbonyl (C=O) groups excluding carboxylic acids is 2. The molecule has 0 unspecified atom stereocenters. The van der Waals surface area contributed by atoms with E-state index in [9.17, 15) is 9.59 Å². The fourth-order valence-corrected chi connectivity index (χ4v) is 2.60. The Bertz CT molecular complexity index is 522. The van der Waals surface area contributed by atoms with Crippen molar-refractivity contribution in [3.8, 4) is 0 Å². The Hall–Kier alpha value is -1.68. The first-order valence-corrected chi connectivity index (χ1v) is 6.64. The second-order valence-electron chi connectivity index (χ2n) is 5.05. The molecule has 2 rings (SSSR count). The number of amides is 1. The molecule has 0 fully saturated rings. The number of Topliss-reactive ketones (excluding diaryl/α,β-unsaturated/α-hetero) is 1. The molecule has 0 aromatic heterocycles. The van der Waals surface area contributed by atoms with Gasteiger partial charge in [-0.1, -0.05) is 6.07 Å². The van der Waals surface area contributed by atoms with Crippen LogP contribution in [0.3, 0.4) is 0 Å². The zero-order valence-electron chi connectivity index (χ0n) is 11.4. The summed E-state index contributed by atoms with van der Waals surface area (Å²) in [5.41, 5.74) is 3.27. The predicted molar refractivity (Wildman–Crippen MR) is 73.5 cm³/mol. The first-order valence-electron chi connectivity index (χ1n) is 6.64. The number of ketones is 1. The molecule has 1 aliphatic rings. The zero-order valence-corrected chi connectivity index (χ0v) is 11.4. The minimum Gasteiger partial charge on any atom is -0.396 e. The number of carbonyl (C=O) groups is 2. The minimum absolute atomic E-state index is 0.168. The molecule has 1 aliphatic heterocycles. The largest absolute Gasteiger partial charge is 0.396 e. The Balaban J connectivity index is 2.23. The molecule has 1 aromatic carbocycles. The third-order valence-corrected chi connectivity index (χ3v) is 3.44. The van der Waals surface area contributed by atoms with Crippen LogP contribution in [-0.4, -0.2) is 29.9 Å². The molecule has 4 heteroatoms. The summed E-state index contributed by atoms with van der Waals surface area (Å²) in [5, 5.41) is 8.75. The van der Waals surface area contributed by atoms with Gasteiger partial charge in [0.1, 0.15) is 0 Å². The maximum atomic E-state index is 12.0. The van der Waals surface area contributed by atoms with Gasteiger partial charge in [0.25, 0.3) is 11.7 Å². The Morgan fingerprint density at radius 2 is 1.84 bits per heavy atom. The van der Waals surface area contributed by atoms with Crippen molar-refractivity contribution in [3.63, 3.8) is 0 Å². The van der Waals surface area contributed by atoms with Crippen LogP contribution >= 0.6 is 0 Å². The summed E-state index contributed by atoms with van der Waals surface area (Å²) < 4.78 is 0. The zero-order chi connectivity index (χ0) is 14.0. The normalized spacial score (nSPS) is 14.2. The van der Waals surface area contributed by atoms with Crippen molar-refractivity contribution >= 4 is 17.4 Å². The third kappa shape index (κ3) is 2.54. The van der Waals surface area contributed by atoms with Crippen LogP contribution in [0.1, 0.15) is 40.7 Å². The van der Waals surface area contributed by atoms with Gasteiger partial charge in [0.15, 0.2) is 0 Å².